The minimum Gasteiger partial charge on any atom is -0.457 e. The Bertz CT molecular complexity index is 1810. The van der Waals surface area contributed by atoms with E-state index in [-0.39, 0.29) is 29.4 Å². The highest BCUT2D eigenvalue weighted by atomic mass is 32.2. The number of pyridine rings is 1. The molecule has 0 atom stereocenters. The Hall–Kier alpha value is -5.35. The molecule has 1 heterocycles. The van der Waals surface area contributed by atoms with Crippen molar-refractivity contribution in [3.63, 3.8) is 0 Å². The minimum absolute atomic E-state index is 0.0195. The van der Waals surface area contributed by atoms with E-state index in [4.69, 9.17) is 14.2 Å². The highest BCUT2D eigenvalue weighted by Gasteiger charge is 2.26. The standard InChI is InChI=1S/C38H34FN3O5S/c1-48-34-14-8-13-31(23-34)47-38-35(21-26(39)24-40-38)37(44)42-28-17-15-27(16-18-28)41-36(43)25-19-32(45-29-9-4-2-5-10-29)22-33(20-25)46-30-11-6-3-7-12-30/h2-14,19-24,27-28H,15-18H2,1H3,(H,41,43)(H,42,44)/t27-,28+. The van der Waals surface area contributed by atoms with Crippen molar-refractivity contribution in [3.8, 4) is 34.6 Å². The number of aromatic nitrogens is 1. The number of ether oxygens (including phenoxy) is 3. The first-order chi connectivity index (χ1) is 23.4. The van der Waals surface area contributed by atoms with Crippen LogP contribution < -0.4 is 24.8 Å². The van der Waals surface area contributed by atoms with Crippen LogP contribution in [-0.4, -0.2) is 35.1 Å². The second-order valence-electron chi connectivity index (χ2n) is 11.3. The first-order valence-corrected chi connectivity index (χ1v) is 16.8. The molecule has 0 unspecified atom stereocenters. The molecule has 1 aliphatic carbocycles. The van der Waals surface area contributed by atoms with E-state index in [0.29, 0.717) is 60.0 Å². The Morgan fingerprint density at radius 1 is 0.667 bits per heavy atom. The van der Waals surface area contributed by atoms with E-state index in [1.165, 1.54) is 0 Å². The molecule has 0 saturated heterocycles. The number of nitrogens with zero attached hydrogens (tertiary/aromatic N) is 1. The monoisotopic (exact) mass is 663 g/mol. The highest BCUT2D eigenvalue weighted by Crippen LogP contribution is 2.31. The van der Waals surface area contributed by atoms with Crippen molar-refractivity contribution in [2.75, 3.05) is 6.26 Å². The predicted molar refractivity (Wildman–Crippen MR) is 183 cm³/mol. The van der Waals surface area contributed by atoms with Crippen LogP contribution in [0.25, 0.3) is 0 Å². The zero-order chi connectivity index (χ0) is 33.3. The van der Waals surface area contributed by atoms with Crippen LogP contribution in [0.3, 0.4) is 0 Å². The van der Waals surface area contributed by atoms with Gasteiger partial charge in [0, 0.05) is 28.6 Å². The Balaban J connectivity index is 1.08. The van der Waals surface area contributed by atoms with E-state index in [9.17, 15) is 14.0 Å². The number of carbonyl (C=O) groups excluding carboxylic acids is 2. The molecule has 1 aromatic heterocycles. The number of carbonyl (C=O) groups is 2. The number of benzene rings is 4. The maximum atomic E-state index is 14.2. The molecule has 6 rings (SSSR count). The van der Waals surface area contributed by atoms with Gasteiger partial charge in [-0.3, -0.25) is 9.59 Å². The zero-order valence-corrected chi connectivity index (χ0v) is 27.0. The molecule has 48 heavy (non-hydrogen) atoms. The fraction of sp³-hybridized carbons (Fsp3) is 0.184. The van der Waals surface area contributed by atoms with E-state index in [0.717, 1.165) is 17.2 Å². The van der Waals surface area contributed by atoms with Crippen molar-refractivity contribution in [1.29, 1.82) is 0 Å². The fourth-order valence-electron chi connectivity index (χ4n) is 5.43. The number of halogens is 1. The summed E-state index contributed by atoms with van der Waals surface area (Å²) in [5, 5.41) is 6.13. The summed E-state index contributed by atoms with van der Waals surface area (Å²) in [4.78, 5) is 31.8. The van der Waals surface area contributed by atoms with Gasteiger partial charge in [-0.25, -0.2) is 9.37 Å². The van der Waals surface area contributed by atoms with Crippen LogP contribution >= 0.6 is 11.8 Å². The lowest BCUT2D eigenvalue weighted by Gasteiger charge is -2.30. The molecule has 0 bridgehead atoms. The van der Waals surface area contributed by atoms with Crippen molar-refractivity contribution in [2.45, 2.75) is 42.7 Å². The third-order valence-corrected chi connectivity index (χ3v) is 8.54. The summed E-state index contributed by atoms with van der Waals surface area (Å²) >= 11 is 1.56. The van der Waals surface area contributed by atoms with E-state index in [2.05, 4.69) is 15.6 Å². The summed E-state index contributed by atoms with van der Waals surface area (Å²) in [6.45, 7) is 0. The van der Waals surface area contributed by atoms with Gasteiger partial charge in [0.05, 0.1) is 6.20 Å². The lowest BCUT2D eigenvalue weighted by molar-refractivity contribution is 0.0890. The average molecular weight is 664 g/mol. The third-order valence-electron chi connectivity index (χ3n) is 7.82. The van der Waals surface area contributed by atoms with Gasteiger partial charge in [0.1, 0.15) is 40.1 Å². The molecule has 1 fully saturated rings. The molecular formula is C38H34FN3O5S. The SMILES string of the molecule is CSc1cccc(Oc2ncc(F)cc2C(=O)N[C@H]2CC[C@@H](NC(=O)c3cc(Oc4ccccc4)cc(Oc4ccccc4)c3)CC2)c1. The lowest BCUT2D eigenvalue weighted by atomic mass is 9.90. The molecule has 1 aliphatic rings. The van der Waals surface area contributed by atoms with E-state index < -0.39 is 11.7 Å². The molecule has 10 heteroatoms. The van der Waals surface area contributed by atoms with Gasteiger partial charge in [-0.1, -0.05) is 42.5 Å². The van der Waals surface area contributed by atoms with Crippen molar-refractivity contribution >= 4 is 23.6 Å². The van der Waals surface area contributed by atoms with Crippen LogP contribution in [0, 0.1) is 5.82 Å². The number of para-hydroxylation sites is 2. The average Bonchev–Trinajstić information content (AvgIpc) is 3.10. The Morgan fingerprint density at radius 3 is 1.81 bits per heavy atom. The molecule has 2 N–H and O–H groups in total. The van der Waals surface area contributed by atoms with E-state index in [1.54, 1.807) is 36.0 Å². The zero-order valence-electron chi connectivity index (χ0n) is 26.2. The predicted octanol–water partition coefficient (Wildman–Crippen LogP) is 8.79. The first-order valence-electron chi connectivity index (χ1n) is 15.6. The van der Waals surface area contributed by atoms with E-state index >= 15 is 0 Å². The molecule has 2 amide bonds. The topological polar surface area (TPSA) is 98.8 Å². The van der Waals surface area contributed by atoms with Gasteiger partial charge in [0.25, 0.3) is 11.8 Å². The first kappa shape index (κ1) is 32.6. The second kappa shape index (κ2) is 15.5. The molecular weight excluding hydrogens is 629 g/mol. The highest BCUT2D eigenvalue weighted by molar-refractivity contribution is 7.98. The summed E-state index contributed by atoms with van der Waals surface area (Å²) in [5.41, 5.74) is 0.421. The Labute approximate surface area is 282 Å². The molecule has 0 radical (unpaired) electrons. The van der Waals surface area contributed by atoms with Gasteiger partial charge < -0.3 is 24.8 Å². The van der Waals surface area contributed by atoms with Crippen molar-refractivity contribution in [2.24, 2.45) is 0 Å². The Morgan fingerprint density at radius 2 is 1.23 bits per heavy atom. The van der Waals surface area contributed by atoms with Crippen LogP contribution in [0.4, 0.5) is 4.39 Å². The number of thioether (sulfide) groups is 1. The molecule has 1 saturated carbocycles. The van der Waals surface area contributed by atoms with Crippen LogP contribution in [-0.2, 0) is 0 Å². The molecule has 0 aliphatic heterocycles. The maximum absolute atomic E-state index is 14.2. The number of amides is 2. The number of nitrogens with one attached hydrogen (secondary N) is 2. The van der Waals surface area contributed by atoms with Gasteiger partial charge in [-0.05, 0) is 92.6 Å². The summed E-state index contributed by atoms with van der Waals surface area (Å²) < 4.78 is 32.1. The molecule has 4 aromatic carbocycles. The van der Waals surface area contributed by atoms with E-state index in [1.807, 2.05) is 85.1 Å². The van der Waals surface area contributed by atoms with Crippen LogP contribution in [0.15, 0.2) is 120 Å². The third kappa shape index (κ3) is 8.71. The molecule has 8 nitrogen and oxygen atoms in total. The number of hydrogen-bond acceptors (Lipinski definition) is 7. The van der Waals surface area contributed by atoms with Crippen molar-refractivity contribution < 1.29 is 28.2 Å². The van der Waals surface area contributed by atoms with Crippen LogP contribution in [0.5, 0.6) is 34.6 Å². The number of hydrogen-bond donors (Lipinski definition) is 2. The normalized spacial score (nSPS) is 15.6. The summed E-state index contributed by atoms with van der Waals surface area (Å²) in [7, 11) is 0. The van der Waals surface area contributed by atoms with Crippen LogP contribution in [0.2, 0.25) is 0 Å². The van der Waals surface area contributed by atoms with Gasteiger partial charge in [0.15, 0.2) is 0 Å². The number of rotatable bonds is 11. The van der Waals surface area contributed by atoms with Gasteiger partial charge in [-0.2, -0.15) is 0 Å². The van der Waals surface area contributed by atoms with Gasteiger partial charge in [0.2, 0.25) is 5.88 Å². The van der Waals surface area contributed by atoms with Crippen molar-refractivity contribution in [3.05, 3.63) is 132 Å². The summed E-state index contributed by atoms with van der Waals surface area (Å²) in [6.07, 6.45) is 5.53. The molecule has 244 valence electrons. The lowest BCUT2D eigenvalue weighted by Crippen LogP contribution is -2.43. The maximum Gasteiger partial charge on any atom is 0.257 e. The van der Waals surface area contributed by atoms with Gasteiger partial charge >= 0.3 is 0 Å². The smallest absolute Gasteiger partial charge is 0.257 e. The second-order valence-corrected chi connectivity index (χ2v) is 12.2. The fourth-order valence-corrected chi connectivity index (χ4v) is 5.88. The summed E-state index contributed by atoms with van der Waals surface area (Å²) in [6, 6.07) is 32.0. The molecule has 5 aromatic rings. The quantitative estimate of drug-likeness (QED) is 0.136. The molecule has 0 spiro atoms. The van der Waals surface area contributed by atoms with Gasteiger partial charge in [-0.15, -0.1) is 11.8 Å². The minimum atomic E-state index is -0.632. The van der Waals surface area contributed by atoms with Crippen LogP contribution in [0.1, 0.15) is 46.4 Å². The summed E-state index contributed by atoms with van der Waals surface area (Å²) in [5.74, 6) is 1.40. The largest absolute Gasteiger partial charge is 0.457 e. The van der Waals surface area contributed by atoms with Crippen molar-refractivity contribution in [1.82, 2.24) is 15.6 Å². The Kier molecular flexibility index (Phi) is 10.5.